The number of nitrogens with zero attached hydrogens (tertiary/aromatic N) is 2. The zero-order valence-corrected chi connectivity index (χ0v) is 14.3. The number of benzene rings is 1. The van der Waals surface area contributed by atoms with Gasteiger partial charge >= 0.3 is 0 Å². The first-order valence-corrected chi connectivity index (χ1v) is 8.49. The highest BCUT2D eigenvalue weighted by atomic mass is 35.5. The molecule has 1 N–H and O–H groups in total. The molecule has 0 unspecified atom stereocenters. The van der Waals surface area contributed by atoms with E-state index in [1.807, 2.05) is 24.3 Å². The van der Waals surface area contributed by atoms with Gasteiger partial charge in [0.15, 0.2) is 0 Å². The van der Waals surface area contributed by atoms with Crippen molar-refractivity contribution in [3.05, 3.63) is 34.9 Å². The molecule has 1 saturated heterocycles. The molecule has 1 aliphatic heterocycles. The van der Waals surface area contributed by atoms with Crippen LogP contribution in [0.25, 0.3) is 0 Å². The van der Waals surface area contributed by atoms with E-state index in [0.717, 1.165) is 24.3 Å². The predicted molar refractivity (Wildman–Crippen MR) is 87.1 cm³/mol. The standard InChI is InChI=1S/C15H21ClN2OS.ClH/c16-14-7-4-6-13(12-14)15(17-19)20-11-5-10-18-8-2-1-3-9-18;/h4,6-7,12,19H,1-3,5,8-11H2;1H/p-1/b17-15+;. The van der Waals surface area contributed by atoms with E-state index < -0.39 is 0 Å². The van der Waals surface area contributed by atoms with Gasteiger partial charge < -0.3 is 22.5 Å². The van der Waals surface area contributed by atoms with Crippen molar-refractivity contribution in [3.63, 3.8) is 0 Å². The number of piperidine rings is 1. The number of oxime groups is 1. The number of thioether (sulfide) groups is 1. The van der Waals surface area contributed by atoms with Gasteiger partial charge in [-0.25, -0.2) is 0 Å². The Labute approximate surface area is 142 Å². The molecule has 1 fully saturated rings. The van der Waals surface area contributed by atoms with Crippen LogP contribution in [0, 0.1) is 0 Å². The van der Waals surface area contributed by atoms with E-state index in [4.69, 9.17) is 16.8 Å². The molecule has 21 heavy (non-hydrogen) atoms. The molecule has 0 bridgehead atoms. The first kappa shape index (κ1) is 18.6. The summed E-state index contributed by atoms with van der Waals surface area (Å²) in [6.07, 6.45) is 5.16. The maximum atomic E-state index is 9.13. The third kappa shape index (κ3) is 6.47. The topological polar surface area (TPSA) is 35.8 Å². The second-order valence-corrected chi connectivity index (χ2v) is 6.54. The lowest BCUT2D eigenvalue weighted by atomic mass is 10.1. The smallest absolute Gasteiger partial charge is 0.143 e. The molecule has 0 radical (unpaired) electrons. The average molecular weight is 348 g/mol. The van der Waals surface area contributed by atoms with Crippen LogP contribution in [-0.2, 0) is 0 Å². The second-order valence-electron chi connectivity index (χ2n) is 5.02. The predicted octanol–water partition coefficient (Wildman–Crippen LogP) is 1.09. The molecule has 2 rings (SSSR count). The number of halogens is 2. The summed E-state index contributed by atoms with van der Waals surface area (Å²) in [4.78, 5) is 2.53. The molecule has 6 heteroatoms. The van der Waals surface area contributed by atoms with Crippen molar-refractivity contribution in [2.75, 3.05) is 25.4 Å². The zero-order valence-electron chi connectivity index (χ0n) is 12.0. The van der Waals surface area contributed by atoms with Crippen LogP contribution in [0.15, 0.2) is 29.4 Å². The molecule has 0 amide bonds. The van der Waals surface area contributed by atoms with Crippen LogP contribution in [0.3, 0.4) is 0 Å². The number of rotatable bonds is 5. The molecule has 118 valence electrons. The summed E-state index contributed by atoms with van der Waals surface area (Å²) < 4.78 is 0. The minimum Gasteiger partial charge on any atom is -1.00 e. The number of hydrogen-bond donors (Lipinski definition) is 1. The molecule has 3 nitrogen and oxygen atoms in total. The molecule has 0 aromatic heterocycles. The Balaban J connectivity index is 0.00000220. The first-order chi connectivity index (χ1) is 9.79. The van der Waals surface area contributed by atoms with Crippen LogP contribution < -0.4 is 12.4 Å². The highest BCUT2D eigenvalue weighted by molar-refractivity contribution is 8.14. The Kier molecular flexibility index (Phi) is 9.16. The lowest BCUT2D eigenvalue weighted by Crippen LogP contribution is -3.00. The highest BCUT2D eigenvalue weighted by Crippen LogP contribution is 2.19. The van der Waals surface area contributed by atoms with Gasteiger partial charge in [-0.05, 0) is 51.0 Å². The van der Waals surface area contributed by atoms with Gasteiger partial charge in [0, 0.05) is 16.3 Å². The molecule has 0 spiro atoms. The molecule has 0 atom stereocenters. The van der Waals surface area contributed by atoms with Crippen LogP contribution in [0.4, 0.5) is 0 Å². The maximum absolute atomic E-state index is 9.13. The maximum Gasteiger partial charge on any atom is 0.143 e. The summed E-state index contributed by atoms with van der Waals surface area (Å²) in [5.41, 5.74) is 0.878. The normalized spacial score (nSPS) is 16.5. The summed E-state index contributed by atoms with van der Waals surface area (Å²) in [6.45, 7) is 3.61. The van der Waals surface area contributed by atoms with Gasteiger partial charge in [-0.1, -0.05) is 35.3 Å². The van der Waals surface area contributed by atoms with E-state index in [0.29, 0.717) is 10.1 Å². The van der Waals surface area contributed by atoms with Crippen molar-refractivity contribution >= 4 is 28.4 Å². The Morgan fingerprint density at radius 2 is 2.05 bits per heavy atom. The van der Waals surface area contributed by atoms with E-state index >= 15 is 0 Å². The van der Waals surface area contributed by atoms with Crippen LogP contribution >= 0.6 is 23.4 Å². The van der Waals surface area contributed by atoms with E-state index in [1.54, 1.807) is 11.8 Å². The van der Waals surface area contributed by atoms with Crippen LogP contribution in [0.5, 0.6) is 0 Å². The number of hydrogen-bond acceptors (Lipinski definition) is 4. The van der Waals surface area contributed by atoms with Gasteiger partial charge in [0.1, 0.15) is 5.04 Å². The quantitative estimate of drug-likeness (QED) is 0.285. The molecule has 1 heterocycles. The lowest BCUT2D eigenvalue weighted by Gasteiger charge is -2.26. The summed E-state index contributed by atoms with van der Waals surface area (Å²) in [7, 11) is 0. The largest absolute Gasteiger partial charge is 1.00 e. The Hall–Kier alpha value is -0.420. The van der Waals surface area contributed by atoms with Crippen molar-refractivity contribution in [2.45, 2.75) is 25.7 Å². The Morgan fingerprint density at radius 1 is 1.29 bits per heavy atom. The first-order valence-electron chi connectivity index (χ1n) is 7.13. The minimum atomic E-state index is 0. The second kappa shape index (κ2) is 10.3. The molecule has 1 aromatic rings. The third-order valence-electron chi connectivity index (χ3n) is 3.47. The summed E-state index contributed by atoms with van der Waals surface area (Å²) in [5, 5.41) is 13.8. The van der Waals surface area contributed by atoms with Crippen LogP contribution in [0.2, 0.25) is 5.02 Å². The zero-order chi connectivity index (χ0) is 14.2. The minimum absolute atomic E-state index is 0. The molecule has 1 aromatic carbocycles. The average Bonchev–Trinajstić information content (AvgIpc) is 2.48. The van der Waals surface area contributed by atoms with Gasteiger partial charge in [-0.15, -0.1) is 11.8 Å². The van der Waals surface area contributed by atoms with Crippen LogP contribution in [0.1, 0.15) is 31.2 Å². The van der Waals surface area contributed by atoms with Crippen molar-refractivity contribution in [1.82, 2.24) is 4.90 Å². The van der Waals surface area contributed by atoms with Gasteiger partial charge in [-0.3, -0.25) is 0 Å². The van der Waals surface area contributed by atoms with Crippen molar-refractivity contribution in [3.8, 4) is 0 Å². The fourth-order valence-corrected chi connectivity index (χ4v) is 3.44. The highest BCUT2D eigenvalue weighted by Gasteiger charge is 2.10. The Bertz CT molecular complexity index is 451. The van der Waals surface area contributed by atoms with Crippen LogP contribution in [-0.4, -0.2) is 40.5 Å². The van der Waals surface area contributed by atoms with Crippen molar-refractivity contribution in [1.29, 1.82) is 0 Å². The van der Waals surface area contributed by atoms with Gasteiger partial charge in [0.2, 0.25) is 0 Å². The van der Waals surface area contributed by atoms with E-state index in [9.17, 15) is 0 Å². The van der Waals surface area contributed by atoms with E-state index in [2.05, 4.69) is 10.1 Å². The summed E-state index contributed by atoms with van der Waals surface area (Å²) in [5.74, 6) is 0.961. The molecule has 0 saturated carbocycles. The monoisotopic (exact) mass is 347 g/mol. The summed E-state index contributed by atoms with van der Waals surface area (Å²) in [6, 6.07) is 7.44. The fourth-order valence-electron chi connectivity index (χ4n) is 2.43. The van der Waals surface area contributed by atoms with Gasteiger partial charge in [0.05, 0.1) is 0 Å². The van der Waals surface area contributed by atoms with Crippen molar-refractivity contribution in [2.24, 2.45) is 5.16 Å². The van der Waals surface area contributed by atoms with Gasteiger partial charge in [-0.2, -0.15) is 0 Å². The molecular formula is C15H21Cl2N2OS-. The third-order valence-corrected chi connectivity index (χ3v) is 4.79. The molecular weight excluding hydrogens is 327 g/mol. The molecule has 0 aliphatic carbocycles. The fraction of sp³-hybridized carbons (Fsp3) is 0.533. The number of likely N-dealkylation sites (tertiary alicyclic amines) is 1. The van der Waals surface area contributed by atoms with Gasteiger partial charge in [0.25, 0.3) is 0 Å². The lowest BCUT2D eigenvalue weighted by molar-refractivity contribution is -0.00000478. The Morgan fingerprint density at radius 3 is 2.71 bits per heavy atom. The molecule has 1 aliphatic rings. The van der Waals surface area contributed by atoms with E-state index in [1.165, 1.54) is 32.4 Å². The summed E-state index contributed by atoms with van der Waals surface area (Å²) >= 11 is 7.54. The van der Waals surface area contributed by atoms with Crippen molar-refractivity contribution < 1.29 is 17.6 Å². The van der Waals surface area contributed by atoms with E-state index in [-0.39, 0.29) is 12.4 Å². The SMILES string of the molecule is O/N=C(/SCCCN1CCCCC1)c1cccc(Cl)c1.[Cl-].